The summed E-state index contributed by atoms with van der Waals surface area (Å²) in [6.07, 6.45) is 4.59. The first-order chi connectivity index (χ1) is 8.65. The second-order valence-electron chi connectivity index (χ2n) is 4.05. The van der Waals surface area contributed by atoms with E-state index in [0.717, 1.165) is 19.3 Å². The number of ether oxygens (including phenoxy) is 1. The molecule has 0 atom stereocenters. The van der Waals surface area contributed by atoms with Gasteiger partial charge in [0.15, 0.2) is 5.78 Å². The van der Waals surface area contributed by atoms with E-state index in [1.54, 1.807) is 24.3 Å². The lowest BCUT2D eigenvalue weighted by molar-refractivity contribution is 0.0498. The first kappa shape index (κ1) is 14.2. The maximum atomic E-state index is 11.6. The van der Waals surface area contributed by atoms with E-state index in [1.165, 1.54) is 6.92 Å². The van der Waals surface area contributed by atoms with Crippen molar-refractivity contribution in [1.29, 1.82) is 0 Å². The molecule has 0 unspecified atom stereocenters. The van der Waals surface area contributed by atoms with E-state index >= 15 is 0 Å². The van der Waals surface area contributed by atoms with Crippen LogP contribution in [0.15, 0.2) is 36.9 Å². The smallest absolute Gasteiger partial charge is 0.338 e. The van der Waals surface area contributed by atoms with Gasteiger partial charge in [-0.25, -0.2) is 4.79 Å². The summed E-state index contributed by atoms with van der Waals surface area (Å²) in [7, 11) is 0. The second kappa shape index (κ2) is 7.43. The Bertz CT molecular complexity index is 418. The zero-order valence-corrected chi connectivity index (χ0v) is 10.6. The summed E-state index contributed by atoms with van der Waals surface area (Å²) in [6, 6.07) is 6.50. The number of ketones is 1. The minimum absolute atomic E-state index is 0.0145. The van der Waals surface area contributed by atoms with Crippen LogP contribution in [0.1, 0.15) is 46.9 Å². The monoisotopic (exact) mass is 246 g/mol. The average molecular weight is 246 g/mol. The van der Waals surface area contributed by atoms with E-state index in [4.69, 9.17) is 4.74 Å². The summed E-state index contributed by atoms with van der Waals surface area (Å²) in [5.41, 5.74) is 1.07. The third-order valence-corrected chi connectivity index (χ3v) is 2.56. The van der Waals surface area contributed by atoms with Crippen molar-refractivity contribution in [2.24, 2.45) is 0 Å². The Morgan fingerprint density at radius 1 is 1.17 bits per heavy atom. The Hall–Kier alpha value is -1.90. The topological polar surface area (TPSA) is 43.4 Å². The Balaban J connectivity index is 2.41. The molecule has 0 saturated carbocycles. The van der Waals surface area contributed by atoms with Crippen molar-refractivity contribution in [1.82, 2.24) is 0 Å². The maximum absolute atomic E-state index is 11.6. The van der Waals surface area contributed by atoms with Gasteiger partial charge in [0, 0.05) is 5.56 Å². The number of hydrogen-bond acceptors (Lipinski definition) is 3. The van der Waals surface area contributed by atoms with Gasteiger partial charge in [0.25, 0.3) is 0 Å². The van der Waals surface area contributed by atoms with E-state index < -0.39 is 0 Å². The summed E-state index contributed by atoms with van der Waals surface area (Å²) >= 11 is 0. The van der Waals surface area contributed by atoms with Crippen molar-refractivity contribution >= 4 is 11.8 Å². The van der Waals surface area contributed by atoms with Gasteiger partial charge in [-0.3, -0.25) is 4.79 Å². The Morgan fingerprint density at radius 2 is 1.78 bits per heavy atom. The standard InChI is InChI=1S/C15H18O3/c1-3-4-5-6-11-18-15(17)14-9-7-13(8-10-14)12(2)16/h3,7-10H,1,4-6,11H2,2H3. The van der Waals surface area contributed by atoms with E-state index in [0.29, 0.717) is 17.7 Å². The van der Waals surface area contributed by atoms with E-state index in [2.05, 4.69) is 6.58 Å². The molecule has 0 amide bonds. The van der Waals surface area contributed by atoms with Crippen molar-refractivity contribution in [3.8, 4) is 0 Å². The van der Waals surface area contributed by atoms with Gasteiger partial charge >= 0.3 is 5.97 Å². The number of benzene rings is 1. The van der Waals surface area contributed by atoms with Crippen LogP contribution in [0.2, 0.25) is 0 Å². The minimum Gasteiger partial charge on any atom is -0.462 e. The fourth-order valence-corrected chi connectivity index (χ4v) is 1.48. The molecule has 0 fully saturated rings. The molecule has 96 valence electrons. The first-order valence-electron chi connectivity index (χ1n) is 6.04. The summed E-state index contributed by atoms with van der Waals surface area (Å²) in [4.78, 5) is 22.7. The molecule has 1 aromatic rings. The van der Waals surface area contributed by atoms with Crippen LogP contribution in [0.3, 0.4) is 0 Å². The van der Waals surface area contributed by atoms with Gasteiger partial charge in [-0.15, -0.1) is 6.58 Å². The quantitative estimate of drug-likeness (QED) is 0.320. The van der Waals surface area contributed by atoms with Gasteiger partial charge in [0.1, 0.15) is 0 Å². The predicted octanol–water partition coefficient (Wildman–Crippen LogP) is 3.40. The molecule has 0 bridgehead atoms. The number of esters is 1. The van der Waals surface area contributed by atoms with Crippen LogP contribution in [0.25, 0.3) is 0 Å². The van der Waals surface area contributed by atoms with Crippen molar-refractivity contribution in [3.05, 3.63) is 48.0 Å². The number of unbranched alkanes of at least 4 members (excludes halogenated alkanes) is 2. The fraction of sp³-hybridized carbons (Fsp3) is 0.333. The third-order valence-electron chi connectivity index (χ3n) is 2.56. The van der Waals surface area contributed by atoms with Crippen LogP contribution in [0.4, 0.5) is 0 Å². The van der Waals surface area contributed by atoms with Crippen molar-refractivity contribution < 1.29 is 14.3 Å². The molecule has 1 rings (SSSR count). The molecule has 0 spiro atoms. The van der Waals surface area contributed by atoms with E-state index in [9.17, 15) is 9.59 Å². The zero-order chi connectivity index (χ0) is 13.4. The largest absolute Gasteiger partial charge is 0.462 e. The number of Topliss-reactive ketones (excluding diaryl/α,β-unsaturated/α-hetero) is 1. The van der Waals surface area contributed by atoms with Crippen LogP contribution >= 0.6 is 0 Å². The lowest BCUT2D eigenvalue weighted by atomic mass is 10.1. The summed E-state index contributed by atoms with van der Waals surface area (Å²) in [5, 5.41) is 0. The fourth-order valence-electron chi connectivity index (χ4n) is 1.48. The van der Waals surface area contributed by atoms with Gasteiger partial charge < -0.3 is 4.74 Å². The van der Waals surface area contributed by atoms with Gasteiger partial charge in [0.2, 0.25) is 0 Å². The number of rotatable bonds is 7. The summed E-state index contributed by atoms with van der Waals surface area (Å²) in [5.74, 6) is -0.358. The van der Waals surface area contributed by atoms with E-state index in [1.807, 2.05) is 6.08 Å². The predicted molar refractivity (Wildman–Crippen MR) is 70.8 cm³/mol. The van der Waals surface area contributed by atoms with Crippen molar-refractivity contribution in [3.63, 3.8) is 0 Å². The van der Waals surface area contributed by atoms with E-state index in [-0.39, 0.29) is 11.8 Å². The molecule has 3 nitrogen and oxygen atoms in total. The zero-order valence-electron chi connectivity index (χ0n) is 10.6. The van der Waals surface area contributed by atoms with Crippen molar-refractivity contribution in [2.45, 2.75) is 26.2 Å². The SMILES string of the molecule is C=CCCCCOC(=O)c1ccc(C(C)=O)cc1. The molecule has 0 aromatic heterocycles. The highest BCUT2D eigenvalue weighted by atomic mass is 16.5. The lowest BCUT2D eigenvalue weighted by Gasteiger charge is -2.04. The van der Waals surface area contributed by atoms with Crippen LogP contribution < -0.4 is 0 Å². The van der Waals surface area contributed by atoms with Crippen LogP contribution in [0, 0.1) is 0 Å². The molecule has 3 heteroatoms. The first-order valence-corrected chi connectivity index (χ1v) is 6.04. The van der Waals surface area contributed by atoms with Crippen molar-refractivity contribution in [2.75, 3.05) is 6.61 Å². The molecule has 0 aliphatic rings. The molecule has 0 heterocycles. The van der Waals surface area contributed by atoms with Gasteiger partial charge in [-0.2, -0.15) is 0 Å². The maximum Gasteiger partial charge on any atom is 0.338 e. The number of allylic oxidation sites excluding steroid dienone is 1. The molecule has 0 aliphatic carbocycles. The van der Waals surface area contributed by atoms with Gasteiger partial charge in [-0.1, -0.05) is 18.2 Å². The third kappa shape index (κ3) is 4.53. The Morgan fingerprint density at radius 3 is 2.33 bits per heavy atom. The Kier molecular flexibility index (Phi) is 5.85. The summed E-state index contributed by atoms with van der Waals surface area (Å²) < 4.78 is 5.12. The molecule has 18 heavy (non-hydrogen) atoms. The average Bonchev–Trinajstić information content (AvgIpc) is 2.38. The van der Waals surface area contributed by atoms with Gasteiger partial charge in [-0.05, 0) is 38.3 Å². The Labute approximate surface area is 107 Å². The molecule has 1 aromatic carbocycles. The highest BCUT2D eigenvalue weighted by molar-refractivity contribution is 5.96. The van der Waals surface area contributed by atoms with Gasteiger partial charge in [0.05, 0.1) is 12.2 Å². The molecular weight excluding hydrogens is 228 g/mol. The molecule has 0 saturated heterocycles. The minimum atomic E-state index is -0.344. The van der Waals surface area contributed by atoms with Crippen LogP contribution in [-0.4, -0.2) is 18.4 Å². The molecule has 0 N–H and O–H groups in total. The lowest BCUT2D eigenvalue weighted by Crippen LogP contribution is -2.06. The van der Waals surface area contributed by atoms with Crippen LogP contribution in [-0.2, 0) is 4.74 Å². The number of hydrogen-bond donors (Lipinski definition) is 0. The number of carbonyl (C=O) groups is 2. The molecule has 0 aliphatic heterocycles. The summed E-state index contributed by atoms with van der Waals surface area (Å²) in [6.45, 7) is 5.54. The van der Waals surface area contributed by atoms with Crippen LogP contribution in [0.5, 0.6) is 0 Å². The second-order valence-corrected chi connectivity index (χ2v) is 4.05. The molecular formula is C15H18O3. The number of carbonyl (C=O) groups excluding carboxylic acids is 2. The highest BCUT2D eigenvalue weighted by Gasteiger charge is 2.07. The highest BCUT2D eigenvalue weighted by Crippen LogP contribution is 2.07. The molecule has 0 radical (unpaired) electrons. The normalized spacial score (nSPS) is 9.83.